The van der Waals surface area contributed by atoms with Gasteiger partial charge in [-0.25, -0.2) is 0 Å². The maximum absolute atomic E-state index is 13.1. The number of Topliss-reactive ketones (excluding diaryl/α,β-unsaturated/α-hetero) is 1. The van der Waals surface area contributed by atoms with Crippen molar-refractivity contribution < 1.29 is 34.1 Å². The van der Waals surface area contributed by atoms with Crippen LogP contribution in [0.5, 0.6) is 11.5 Å². The summed E-state index contributed by atoms with van der Waals surface area (Å²) in [7, 11) is 1.81. The van der Waals surface area contributed by atoms with Crippen LogP contribution >= 0.6 is 0 Å². The second-order valence-electron chi connectivity index (χ2n) is 11.4. The van der Waals surface area contributed by atoms with Crippen molar-refractivity contribution in [1.29, 1.82) is 0 Å². The van der Waals surface area contributed by atoms with E-state index < -0.39 is 11.9 Å². The van der Waals surface area contributed by atoms with Crippen LogP contribution < -0.4 is 9.47 Å². The number of aryl methyl sites for hydroxylation is 4. The number of hydrogen-bond donors (Lipinski definition) is 2. The first-order valence-corrected chi connectivity index (χ1v) is 15.2. The standard InChI is InChI=1S/C37H41NO7/c1-24-22-25(2)37(26(3)23-24)45-21-6-5-20-44-29-14-11-27(12-15-29)10-13-28-8-7-9-30-35(32(39)17-19-34(42)43)31(16-18-33(40)41)38(4)36(28)30/h7-15,22-23H,5-6,16-21H2,1-4H3,(H,40,41)(H,42,43)/b13-10+. The summed E-state index contributed by atoms with van der Waals surface area (Å²) >= 11 is 0. The molecule has 1 aromatic heterocycles. The van der Waals surface area contributed by atoms with Crippen LogP contribution in [0.4, 0.5) is 0 Å². The number of aromatic nitrogens is 1. The highest BCUT2D eigenvalue weighted by atomic mass is 16.5. The van der Waals surface area contributed by atoms with Gasteiger partial charge in [0.15, 0.2) is 5.78 Å². The lowest BCUT2D eigenvalue weighted by Gasteiger charge is -2.13. The predicted molar refractivity (Wildman–Crippen MR) is 176 cm³/mol. The van der Waals surface area contributed by atoms with E-state index >= 15 is 0 Å². The third kappa shape index (κ3) is 8.62. The van der Waals surface area contributed by atoms with Crippen LogP contribution in [0.3, 0.4) is 0 Å². The van der Waals surface area contributed by atoms with Gasteiger partial charge in [0.25, 0.3) is 0 Å². The Balaban J connectivity index is 1.39. The number of rotatable bonds is 16. The van der Waals surface area contributed by atoms with Gasteiger partial charge in [0, 0.05) is 30.1 Å². The van der Waals surface area contributed by atoms with Crippen molar-refractivity contribution >= 4 is 40.8 Å². The molecule has 8 nitrogen and oxygen atoms in total. The van der Waals surface area contributed by atoms with Gasteiger partial charge in [0.1, 0.15) is 11.5 Å². The Bertz CT molecular complexity index is 1690. The summed E-state index contributed by atoms with van der Waals surface area (Å²) in [6.45, 7) is 7.48. The van der Waals surface area contributed by atoms with Gasteiger partial charge in [-0.2, -0.15) is 0 Å². The number of hydrogen-bond acceptors (Lipinski definition) is 5. The van der Waals surface area contributed by atoms with Gasteiger partial charge >= 0.3 is 11.9 Å². The Hall–Kier alpha value is -4.85. The number of ether oxygens (including phenoxy) is 2. The third-order valence-corrected chi connectivity index (χ3v) is 7.78. The van der Waals surface area contributed by atoms with Gasteiger partial charge < -0.3 is 24.3 Å². The molecular weight excluding hydrogens is 570 g/mol. The zero-order chi connectivity index (χ0) is 32.5. The molecule has 0 atom stereocenters. The highest BCUT2D eigenvalue weighted by molar-refractivity contribution is 6.11. The highest BCUT2D eigenvalue weighted by Crippen LogP contribution is 2.32. The second-order valence-corrected chi connectivity index (χ2v) is 11.4. The number of carbonyl (C=O) groups is 3. The molecule has 236 valence electrons. The van der Waals surface area contributed by atoms with E-state index in [4.69, 9.17) is 14.6 Å². The number of aliphatic carboxylic acids is 2. The van der Waals surface area contributed by atoms with Gasteiger partial charge in [-0.1, -0.05) is 60.2 Å². The Labute approximate surface area is 263 Å². The highest BCUT2D eigenvalue weighted by Gasteiger charge is 2.23. The number of unbranched alkanes of at least 4 members (excludes halogenated alkanes) is 1. The first-order chi connectivity index (χ1) is 21.5. The summed E-state index contributed by atoms with van der Waals surface area (Å²) < 4.78 is 13.8. The van der Waals surface area contributed by atoms with E-state index in [1.165, 1.54) is 5.56 Å². The Morgan fingerprint density at radius 2 is 1.44 bits per heavy atom. The molecule has 0 bridgehead atoms. The number of nitrogens with zero attached hydrogens (tertiary/aromatic N) is 1. The number of carboxylic acids is 2. The Morgan fingerprint density at radius 1 is 0.800 bits per heavy atom. The van der Waals surface area contributed by atoms with Crippen LogP contribution in [0.2, 0.25) is 0 Å². The average molecular weight is 612 g/mol. The van der Waals surface area contributed by atoms with Crippen LogP contribution in [0.25, 0.3) is 23.1 Å². The zero-order valence-electron chi connectivity index (χ0n) is 26.4. The smallest absolute Gasteiger partial charge is 0.303 e. The quantitative estimate of drug-likeness (QED) is 0.0762. The van der Waals surface area contributed by atoms with Crippen molar-refractivity contribution in [2.24, 2.45) is 7.05 Å². The Kier molecular flexibility index (Phi) is 11.2. The monoisotopic (exact) mass is 611 g/mol. The van der Waals surface area contributed by atoms with Crippen molar-refractivity contribution in [3.8, 4) is 11.5 Å². The normalized spacial score (nSPS) is 11.3. The van der Waals surface area contributed by atoms with E-state index in [1.54, 1.807) is 0 Å². The first-order valence-electron chi connectivity index (χ1n) is 15.2. The Morgan fingerprint density at radius 3 is 2.09 bits per heavy atom. The van der Waals surface area contributed by atoms with Gasteiger partial charge in [-0.05, 0) is 74.4 Å². The molecule has 45 heavy (non-hydrogen) atoms. The maximum atomic E-state index is 13.1. The van der Waals surface area contributed by atoms with Crippen LogP contribution in [0.1, 0.15) is 76.0 Å². The molecule has 0 radical (unpaired) electrons. The minimum atomic E-state index is -1.05. The van der Waals surface area contributed by atoms with Crippen molar-refractivity contribution in [3.05, 3.63) is 93.7 Å². The number of benzene rings is 3. The van der Waals surface area contributed by atoms with Gasteiger partial charge in [-0.15, -0.1) is 0 Å². The molecule has 8 heteroatoms. The molecule has 0 aliphatic rings. The van der Waals surface area contributed by atoms with Gasteiger partial charge in [-0.3, -0.25) is 14.4 Å². The number of fused-ring (bicyclic) bond motifs is 1. The van der Waals surface area contributed by atoms with Crippen molar-refractivity contribution in [3.63, 3.8) is 0 Å². The minimum Gasteiger partial charge on any atom is -0.494 e. The molecule has 0 unspecified atom stereocenters. The van der Waals surface area contributed by atoms with E-state index in [2.05, 4.69) is 32.9 Å². The third-order valence-electron chi connectivity index (χ3n) is 7.78. The summed E-state index contributed by atoms with van der Waals surface area (Å²) in [5.74, 6) is -0.560. The molecule has 0 saturated carbocycles. The largest absolute Gasteiger partial charge is 0.494 e. The molecular formula is C37H41NO7. The fraction of sp³-hybridized carbons (Fsp3) is 0.324. The fourth-order valence-electron chi connectivity index (χ4n) is 5.73. The lowest BCUT2D eigenvalue weighted by Crippen LogP contribution is -2.09. The van der Waals surface area contributed by atoms with Crippen molar-refractivity contribution in [2.75, 3.05) is 13.2 Å². The molecule has 4 rings (SSSR count). The molecule has 0 aliphatic carbocycles. The topological polar surface area (TPSA) is 115 Å². The molecule has 0 saturated heterocycles. The molecule has 0 spiro atoms. The van der Waals surface area contributed by atoms with Crippen LogP contribution in [0.15, 0.2) is 54.6 Å². The maximum Gasteiger partial charge on any atom is 0.303 e. The average Bonchev–Trinajstić information content (AvgIpc) is 3.28. The van der Waals surface area contributed by atoms with Gasteiger partial charge in [0.05, 0.1) is 31.6 Å². The van der Waals surface area contributed by atoms with E-state index in [-0.39, 0.29) is 31.5 Å². The number of carbonyl (C=O) groups excluding carboxylic acids is 1. The number of carboxylic acid groups (broad SMARTS) is 2. The minimum absolute atomic E-state index is 0.135. The lowest BCUT2D eigenvalue weighted by atomic mass is 9.99. The summed E-state index contributed by atoms with van der Waals surface area (Å²) in [5, 5.41) is 19.1. The molecule has 4 aromatic rings. The van der Waals surface area contributed by atoms with E-state index in [0.717, 1.165) is 52.1 Å². The van der Waals surface area contributed by atoms with Crippen molar-refractivity contribution in [1.82, 2.24) is 4.57 Å². The molecule has 0 amide bonds. The van der Waals surface area contributed by atoms with E-state index in [0.29, 0.717) is 29.9 Å². The molecule has 1 heterocycles. The SMILES string of the molecule is Cc1cc(C)c(OCCCCOc2ccc(/C=C/c3cccc4c(C(=O)CCC(=O)O)c(CCC(=O)O)n(C)c34)cc2)c(C)c1. The van der Waals surface area contributed by atoms with Crippen molar-refractivity contribution in [2.45, 2.75) is 59.3 Å². The van der Waals surface area contributed by atoms with Crippen LogP contribution in [-0.2, 0) is 23.1 Å². The number of para-hydroxylation sites is 1. The summed E-state index contributed by atoms with van der Waals surface area (Å²) in [6.07, 6.45) is 5.30. The molecule has 0 fully saturated rings. The van der Waals surface area contributed by atoms with Gasteiger partial charge in [0.2, 0.25) is 0 Å². The first kappa shape index (κ1) is 33.1. The molecule has 0 aliphatic heterocycles. The van der Waals surface area contributed by atoms with E-state index in [1.807, 2.05) is 66.2 Å². The lowest BCUT2D eigenvalue weighted by molar-refractivity contribution is -0.137. The number of ketones is 1. The molecule has 3 aromatic carbocycles. The summed E-state index contributed by atoms with van der Waals surface area (Å²) in [5.41, 5.74) is 7.18. The van der Waals surface area contributed by atoms with Crippen LogP contribution in [0, 0.1) is 20.8 Å². The summed E-state index contributed by atoms with van der Waals surface area (Å²) in [4.78, 5) is 35.6. The predicted octanol–water partition coefficient (Wildman–Crippen LogP) is 7.58. The molecule has 2 N–H and O–H groups in total. The van der Waals surface area contributed by atoms with E-state index in [9.17, 15) is 19.5 Å². The second kappa shape index (κ2) is 15.2. The zero-order valence-corrected chi connectivity index (χ0v) is 26.4. The van der Waals surface area contributed by atoms with Crippen LogP contribution in [-0.4, -0.2) is 45.7 Å². The fourth-order valence-corrected chi connectivity index (χ4v) is 5.73. The summed E-state index contributed by atoms with van der Waals surface area (Å²) in [6, 6.07) is 17.7.